The van der Waals surface area contributed by atoms with Crippen LogP contribution in [0, 0.1) is 0 Å². The van der Waals surface area contributed by atoms with Gasteiger partial charge in [0.25, 0.3) is 0 Å². The molecular formula is C11H12N2O4. The van der Waals surface area contributed by atoms with E-state index in [2.05, 4.69) is 0 Å². The van der Waals surface area contributed by atoms with Crippen molar-refractivity contribution in [3.05, 3.63) is 35.3 Å². The number of carboxylic acid groups (broad SMARTS) is 1. The summed E-state index contributed by atoms with van der Waals surface area (Å²) in [4.78, 5) is 34.0. The molecule has 0 aliphatic carbocycles. The van der Waals surface area contributed by atoms with Crippen LogP contribution in [0.15, 0.2) is 24.2 Å². The van der Waals surface area contributed by atoms with E-state index in [4.69, 9.17) is 22.1 Å². The van der Waals surface area contributed by atoms with Gasteiger partial charge in [-0.3, -0.25) is 14.4 Å². The van der Waals surface area contributed by atoms with Gasteiger partial charge in [0, 0.05) is 17.5 Å². The van der Waals surface area contributed by atoms with Crippen LogP contribution in [-0.2, 0) is 4.79 Å². The minimum atomic E-state index is -1.56. The van der Waals surface area contributed by atoms with Gasteiger partial charge in [0.05, 0.1) is 5.48 Å². The third-order valence-corrected chi connectivity index (χ3v) is 1.94. The van der Waals surface area contributed by atoms with Crippen molar-refractivity contribution in [2.24, 2.45) is 11.5 Å². The van der Waals surface area contributed by atoms with Crippen molar-refractivity contribution in [3.63, 3.8) is 0 Å². The lowest BCUT2D eigenvalue weighted by atomic mass is 9.99. The van der Waals surface area contributed by atoms with Gasteiger partial charge in [-0.05, 0) is 6.04 Å². The number of hydrogen-bond acceptors (Lipinski definition) is 4. The molecule has 90 valence electrons. The number of nitrogens with two attached hydrogens (primary N) is 2. The van der Waals surface area contributed by atoms with Gasteiger partial charge in [0.1, 0.15) is 6.04 Å². The van der Waals surface area contributed by atoms with Gasteiger partial charge >= 0.3 is 5.97 Å². The van der Waals surface area contributed by atoms with Crippen LogP contribution in [0.25, 0.3) is 0 Å². The summed E-state index contributed by atoms with van der Waals surface area (Å²) in [5.41, 5.74) is 8.93. The number of carboxylic acids is 1. The molecule has 0 spiro atoms. The van der Waals surface area contributed by atoms with Gasteiger partial charge in [-0.15, -0.1) is 0 Å². The predicted molar refractivity (Wildman–Crippen MR) is 59.5 cm³/mol. The summed E-state index contributed by atoms with van der Waals surface area (Å²) in [7, 11) is 0. The number of hydrogen-bond donors (Lipinski definition) is 3. The zero-order chi connectivity index (χ0) is 16.5. The molecule has 1 atom stereocenters. The first kappa shape index (κ1) is 7.97. The summed E-state index contributed by atoms with van der Waals surface area (Å²) >= 11 is 0. The zero-order valence-electron chi connectivity index (χ0n) is 12.6. The molecule has 0 aromatic heterocycles. The van der Waals surface area contributed by atoms with Gasteiger partial charge in [-0.1, -0.05) is 18.1 Å². The van der Waals surface area contributed by atoms with Crippen LogP contribution in [0.5, 0.6) is 0 Å². The molecule has 1 amide bonds. The first-order chi connectivity index (χ1) is 9.59. The minimum Gasteiger partial charge on any atom is -0.480 e. The Labute approximate surface area is 103 Å². The second kappa shape index (κ2) is 5.22. The molecule has 0 aliphatic rings. The number of Topliss-reactive ketones (excluding diaryl/α,β-unsaturated/α-hetero) is 1. The monoisotopic (exact) mass is 240 g/mol. The first-order valence-corrected chi connectivity index (χ1v) is 4.51. The number of carbonyl (C=O) groups is 3. The fraction of sp³-hybridized carbons (Fsp3) is 0.182. The van der Waals surface area contributed by atoms with Gasteiger partial charge in [-0.25, -0.2) is 0 Å². The van der Waals surface area contributed by atoms with E-state index in [9.17, 15) is 14.4 Å². The molecule has 0 saturated carbocycles. The quantitative estimate of drug-likeness (QED) is 0.613. The summed E-state index contributed by atoms with van der Waals surface area (Å²) in [6.07, 6.45) is -0.724. The van der Waals surface area contributed by atoms with Crippen LogP contribution in [0.1, 0.15) is 32.6 Å². The smallest absolute Gasteiger partial charge is 0.320 e. The molecule has 1 aromatic carbocycles. The molecule has 0 bridgehead atoms. The Morgan fingerprint density at radius 2 is 1.82 bits per heavy atom. The lowest BCUT2D eigenvalue weighted by molar-refractivity contribution is -0.138. The number of rotatable bonds is 5. The molecule has 0 radical (unpaired) electrons. The topological polar surface area (TPSA) is 123 Å². The Hall–Kier alpha value is -2.21. The lowest BCUT2D eigenvalue weighted by Gasteiger charge is -2.08. The zero-order valence-corrected chi connectivity index (χ0v) is 8.61. The summed E-state index contributed by atoms with van der Waals surface area (Å²) in [6, 6.07) is -4.51. The molecule has 0 aliphatic heterocycles. The van der Waals surface area contributed by atoms with E-state index >= 15 is 0 Å². The van der Waals surface area contributed by atoms with Crippen LogP contribution in [0.4, 0.5) is 0 Å². The second-order valence-corrected chi connectivity index (χ2v) is 3.19. The third-order valence-electron chi connectivity index (χ3n) is 1.94. The number of ketones is 1. The molecule has 0 unspecified atom stereocenters. The predicted octanol–water partition coefficient (Wildman–Crippen LogP) is -0.230. The van der Waals surface area contributed by atoms with Crippen molar-refractivity contribution in [2.45, 2.75) is 12.5 Å². The van der Waals surface area contributed by atoms with Crippen LogP contribution in [0.2, 0.25) is 0 Å². The normalized spacial score (nSPS) is 15.1. The average Bonchev–Trinajstić information content (AvgIpc) is 2.39. The van der Waals surface area contributed by atoms with E-state index in [0.29, 0.717) is 0 Å². The Morgan fingerprint density at radius 3 is 2.29 bits per heavy atom. The molecule has 6 nitrogen and oxygen atoms in total. The number of benzene rings is 1. The van der Waals surface area contributed by atoms with Crippen LogP contribution >= 0.6 is 0 Å². The molecule has 0 heterocycles. The molecule has 0 fully saturated rings. The summed E-state index contributed by atoms with van der Waals surface area (Å²) in [5, 5.41) is 8.66. The maximum atomic E-state index is 12.0. The van der Waals surface area contributed by atoms with Gasteiger partial charge in [-0.2, -0.15) is 0 Å². The molecule has 1 aromatic rings. The van der Waals surface area contributed by atoms with E-state index < -0.39 is 65.4 Å². The van der Waals surface area contributed by atoms with Crippen molar-refractivity contribution < 1.29 is 25.0 Å². The summed E-state index contributed by atoms with van der Waals surface area (Å²) < 4.78 is 30.1. The number of amides is 1. The van der Waals surface area contributed by atoms with E-state index in [1.807, 2.05) is 0 Å². The lowest BCUT2D eigenvalue weighted by Crippen LogP contribution is -2.33. The Balaban J connectivity index is 3.51. The highest BCUT2D eigenvalue weighted by Gasteiger charge is 2.20. The maximum absolute atomic E-state index is 12.0. The first-order valence-electron chi connectivity index (χ1n) is 6.51. The van der Waals surface area contributed by atoms with Crippen LogP contribution in [-0.4, -0.2) is 28.8 Å². The highest BCUT2D eigenvalue weighted by Crippen LogP contribution is 2.11. The number of primary amides is 1. The fourth-order valence-corrected chi connectivity index (χ4v) is 1.10. The van der Waals surface area contributed by atoms with Crippen molar-refractivity contribution in [3.8, 4) is 0 Å². The second-order valence-electron chi connectivity index (χ2n) is 3.19. The molecule has 5 N–H and O–H groups in total. The van der Waals surface area contributed by atoms with Gasteiger partial charge < -0.3 is 16.6 Å². The van der Waals surface area contributed by atoms with Gasteiger partial charge in [0.15, 0.2) is 5.78 Å². The van der Waals surface area contributed by atoms with E-state index in [0.717, 1.165) is 0 Å². The fourth-order valence-electron chi connectivity index (χ4n) is 1.10. The van der Waals surface area contributed by atoms with Crippen molar-refractivity contribution in [1.29, 1.82) is 0 Å². The Kier molecular flexibility index (Phi) is 2.45. The van der Waals surface area contributed by atoms with Crippen LogP contribution < -0.4 is 11.5 Å². The molecule has 6 heteroatoms. The summed E-state index contributed by atoms with van der Waals surface area (Å²) in [6.45, 7) is 0. The number of aliphatic carboxylic acids is 1. The SMILES string of the molecule is [2H]c1c([2H])c([2H])c(C(=O)C[C@H](N)C(=O)O)c(C(N)=O)c1[2H]. The number of carbonyl (C=O) groups excluding carboxylic acids is 2. The standard InChI is InChI=1S/C11H12N2O4/c12-8(11(16)17)5-9(14)6-3-1-2-4-7(6)10(13)15/h1-4,8H,5,12H2,(H2,13,15)(H,16,17)/t8-/m0/s1/i1D,2D,3D,4D. The highest BCUT2D eigenvalue weighted by molar-refractivity contribution is 6.08. The third kappa shape index (κ3) is 3.12. The maximum Gasteiger partial charge on any atom is 0.320 e. The molecular weight excluding hydrogens is 224 g/mol. The average molecular weight is 240 g/mol. The Bertz CT molecular complexity index is 648. The van der Waals surface area contributed by atoms with E-state index in [1.54, 1.807) is 0 Å². The van der Waals surface area contributed by atoms with E-state index in [1.165, 1.54) is 0 Å². The summed E-state index contributed by atoms with van der Waals surface area (Å²) in [5.74, 6) is -3.66. The van der Waals surface area contributed by atoms with Crippen molar-refractivity contribution in [2.75, 3.05) is 0 Å². The van der Waals surface area contributed by atoms with Crippen LogP contribution in [0.3, 0.4) is 0 Å². The molecule has 17 heavy (non-hydrogen) atoms. The van der Waals surface area contributed by atoms with Gasteiger partial charge in [0.2, 0.25) is 5.91 Å². The highest BCUT2D eigenvalue weighted by atomic mass is 16.4. The van der Waals surface area contributed by atoms with E-state index in [-0.39, 0.29) is 0 Å². The largest absolute Gasteiger partial charge is 0.480 e. The molecule has 0 saturated heterocycles. The Morgan fingerprint density at radius 1 is 1.29 bits per heavy atom. The van der Waals surface area contributed by atoms with Crippen molar-refractivity contribution >= 4 is 17.7 Å². The molecule has 1 rings (SSSR count). The minimum absolute atomic E-state index is 0.648. The van der Waals surface area contributed by atoms with Crippen molar-refractivity contribution in [1.82, 2.24) is 0 Å².